The number of phosphoric acid groups is 1. The molecule has 0 aliphatic rings. The molecule has 0 aromatic heterocycles. The molecule has 0 bridgehead atoms. The van der Waals surface area contributed by atoms with E-state index in [1.807, 2.05) is 0 Å². The molecule has 2 atom stereocenters. The van der Waals surface area contributed by atoms with Gasteiger partial charge >= 0.3 is 19.8 Å². The number of phosphoric ester groups is 1. The van der Waals surface area contributed by atoms with Crippen LogP contribution >= 0.6 is 7.82 Å². The summed E-state index contributed by atoms with van der Waals surface area (Å²) in [6, 6.07) is 0. The molecule has 0 saturated heterocycles. The highest BCUT2D eigenvalue weighted by atomic mass is 31.2. The number of unbranched alkanes of at least 4 members (excludes halogenated alkanes) is 39. The summed E-state index contributed by atoms with van der Waals surface area (Å²) in [5.41, 5.74) is 5.40. The lowest BCUT2D eigenvalue weighted by molar-refractivity contribution is -0.161. The predicted molar refractivity (Wildman–Crippen MR) is 358 cm³/mol. The van der Waals surface area contributed by atoms with Crippen LogP contribution in [0.3, 0.4) is 0 Å². The van der Waals surface area contributed by atoms with Gasteiger partial charge in [0.05, 0.1) is 13.2 Å². The lowest BCUT2D eigenvalue weighted by atomic mass is 10.0. The number of carbonyl (C=O) groups is 2. The number of allylic oxidation sites excluding steroid dienone is 14. The molecule has 0 saturated carbocycles. The fourth-order valence-corrected chi connectivity index (χ4v) is 10.9. The van der Waals surface area contributed by atoms with Crippen LogP contribution in [0.5, 0.6) is 0 Å². The molecule has 0 aliphatic heterocycles. The molecule has 0 heterocycles. The Morgan fingerprint density at radius 3 is 0.988 bits per heavy atom. The van der Waals surface area contributed by atoms with Crippen LogP contribution in [-0.4, -0.2) is 49.3 Å². The largest absolute Gasteiger partial charge is 0.472 e. The second kappa shape index (κ2) is 68.3. The number of esters is 2. The fourth-order valence-electron chi connectivity index (χ4n) is 10.2. The normalized spacial score (nSPS) is 13.4. The van der Waals surface area contributed by atoms with Crippen molar-refractivity contribution in [2.45, 2.75) is 341 Å². The van der Waals surface area contributed by atoms with Crippen molar-refractivity contribution in [1.29, 1.82) is 0 Å². The highest BCUT2D eigenvalue weighted by Crippen LogP contribution is 2.43. The van der Waals surface area contributed by atoms with Crippen LogP contribution < -0.4 is 5.73 Å². The average Bonchev–Trinajstić information content (AvgIpc) is 3.49. The van der Waals surface area contributed by atoms with E-state index in [0.29, 0.717) is 6.42 Å². The molecule has 0 aromatic carbocycles. The summed E-state index contributed by atoms with van der Waals surface area (Å²) < 4.78 is 33.2. The molecule has 0 fully saturated rings. The highest BCUT2D eigenvalue weighted by Gasteiger charge is 2.26. The molecule has 9 nitrogen and oxygen atoms in total. The van der Waals surface area contributed by atoms with Gasteiger partial charge in [-0.15, -0.1) is 0 Å². The first kappa shape index (κ1) is 80.2. The van der Waals surface area contributed by atoms with Gasteiger partial charge in [-0.1, -0.05) is 336 Å². The summed E-state index contributed by atoms with van der Waals surface area (Å²) in [6.07, 6.45) is 91.1. The Bertz CT molecular complexity index is 1640. The predicted octanol–water partition coefficient (Wildman–Crippen LogP) is 23.0. The average molecular weight is 1180 g/mol. The van der Waals surface area contributed by atoms with Crippen molar-refractivity contribution in [2.24, 2.45) is 5.73 Å². The highest BCUT2D eigenvalue weighted by molar-refractivity contribution is 7.47. The summed E-state index contributed by atoms with van der Waals surface area (Å²) in [4.78, 5) is 35.3. The van der Waals surface area contributed by atoms with Gasteiger partial charge in [-0.25, -0.2) is 4.57 Å². The van der Waals surface area contributed by atoms with E-state index in [4.69, 9.17) is 24.3 Å². The molecular formula is C73H132NO8P. The Balaban J connectivity index is 3.88. The van der Waals surface area contributed by atoms with E-state index in [1.54, 1.807) is 0 Å². The Morgan fingerprint density at radius 2 is 0.663 bits per heavy atom. The number of rotatable bonds is 66. The summed E-state index contributed by atoms with van der Waals surface area (Å²) >= 11 is 0. The summed E-state index contributed by atoms with van der Waals surface area (Å²) in [6.45, 7) is 3.66. The van der Waals surface area contributed by atoms with Crippen LogP contribution in [0.25, 0.3) is 0 Å². The zero-order valence-corrected chi connectivity index (χ0v) is 55.1. The monoisotopic (exact) mass is 1180 g/mol. The molecule has 0 radical (unpaired) electrons. The van der Waals surface area contributed by atoms with E-state index in [1.165, 1.54) is 212 Å². The molecule has 0 spiro atoms. The van der Waals surface area contributed by atoms with E-state index in [0.717, 1.165) is 89.9 Å². The molecule has 0 rings (SSSR count). The first-order valence-electron chi connectivity index (χ1n) is 35.1. The summed E-state index contributed by atoms with van der Waals surface area (Å²) in [5, 5.41) is 0. The Morgan fingerprint density at radius 1 is 0.373 bits per heavy atom. The van der Waals surface area contributed by atoms with Crippen LogP contribution in [0.4, 0.5) is 0 Å². The molecule has 3 N–H and O–H groups in total. The van der Waals surface area contributed by atoms with Gasteiger partial charge in [-0.3, -0.25) is 18.6 Å². The van der Waals surface area contributed by atoms with Crippen LogP contribution in [-0.2, 0) is 32.7 Å². The van der Waals surface area contributed by atoms with Gasteiger partial charge < -0.3 is 20.1 Å². The Kier molecular flexibility index (Phi) is 66.0. The number of hydrogen-bond donors (Lipinski definition) is 2. The standard InChI is InChI=1S/C73H132NO8P/c1-3-5-7-9-11-13-15-17-19-21-23-25-27-29-31-33-34-35-36-38-39-41-43-45-47-49-51-53-55-57-59-61-63-65-72(75)79-69-71(70-81-83(77,78)80-68-67-74)82-73(76)66-64-62-60-58-56-54-52-50-48-46-44-42-40-37-32-30-28-26-24-22-20-18-16-14-12-10-8-6-4-2/h6,8,12,14,18,20,24,26,30,32,40,42,46,48,71H,3-5,7,9-11,13,15-17,19,21-23,25,27-29,31,33-39,41,43-45,47,49-70,74H2,1-2H3,(H,77,78)/b8-6-,14-12-,20-18-,26-24-,32-30-,42-40-,48-46-. The summed E-state index contributed by atoms with van der Waals surface area (Å²) in [5.74, 6) is -0.831. The minimum absolute atomic E-state index is 0.0490. The van der Waals surface area contributed by atoms with E-state index in [-0.39, 0.29) is 38.6 Å². The zero-order chi connectivity index (χ0) is 60.1. The molecule has 0 amide bonds. The van der Waals surface area contributed by atoms with Gasteiger partial charge in [-0.2, -0.15) is 0 Å². The zero-order valence-electron chi connectivity index (χ0n) is 54.2. The van der Waals surface area contributed by atoms with Crippen molar-refractivity contribution in [3.05, 3.63) is 85.1 Å². The minimum atomic E-state index is -4.40. The van der Waals surface area contributed by atoms with E-state index in [2.05, 4.69) is 98.9 Å². The van der Waals surface area contributed by atoms with Crippen molar-refractivity contribution in [3.8, 4) is 0 Å². The van der Waals surface area contributed by atoms with Crippen molar-refractivity contribution in [3.63, 3.8) is 0 Å². The molecular weight excluding hydrogens is 1050 g/mol. The lowest BCUT2D eigenvalue weighted by Crippen LogP contribution is -2.29. The number of hydrogen-bond acceptors (Lipinski definition) is 8. The van der Waals surface area contributed by atoms with Crippen LogP contribution in [0.1, 0.15) is 335 Å². The molecule has 0 aromatic rings. The second-order valence-electron chi connectivity index (χ2n) is 23.4. The van der Waals surface area contributed by atoms with Gasteiger partial charge in [0.25, 0.3) is 0 Å². The first-order chi connectivity index (χ1) is 40.8. The third-order valence-electron chi connectivity index (χ3n) is 15.3. The fraction of sp³-hybridized carbons (Fsp3) is 0.781. The van der Waals surface area contributed by atoms with E-state index >= 15 is 0 Å². The Labute approximate surface area is 513 Å². The summed E-state index contributed by atoms with van der Waals surface area (Å²) in [7, 11) is -4.40. The maximum absolute atomic E-state index is 12.8. The third-order valence-corrected chi connectivity index (χ3v) is 16.3. The van der Waals surface area contributed by atoms with E-state index < -0.39 is 26.5 Å². The Hall–Kier alpha value is -2.81. The molecule has 83 heavy (non-hydrogen) atoms. The number of carbonyl (C=O) groups excluding carboxylic acids is 2. The van der Waals surface area contributed by atoms with Crippen molar-refractivity contribution in [2.75, 3.05) is 26.4 Å². The van der Waals surface area contributed by atoms with Crippen LogP contribution in [0.2, 0.25) is 0 Å². The minimum Gasteiger partial charge on any atom is -0.462 e. The van der Waals surface area contributed by atoms with Gasteiger partial charge in [0.2, 0.25) is 0 Å². The van der Waals surface area contributed by atoms with Gasteiger partial charge in [0, 0.05) is 19.4 Å². The van der Waals surface area contributed by atoms with Crippen molar-refractivity contribution < 1.29 is 37.6 Å². The second-order valence-corrected chi connectivity index (χ2v) is 24.8. The van der Waals surface area contributed by atoms with Crippen molar-refractivity contribution in [1.82, 2.24) is 0 Å². The van der Waals surface area contributed by atoms with Gasteiger partial charge in [0.1, 0.15) is 6.61 Å². The van der Waals surface area contributed by atoms with Crippen molar-refractivity contribution >= 4 is 19.8 Å². The smallest absolute Gasteiger partial charge is 0.462 e. The van der Waals surface area contributed by atoms with Crippen LogP contribution in [0, 0.1) is 0 Å². The SMILES string of the molecule is CC/C=C\C/C=C\C/C=C\C/C=C\C/C=C\C/C=C\C/C=C\CCCCCCCCCC(=O)OC(COC(=O)CCCCCCCCCCCCCCCCCCCCCCCCCCCCCCCCCCC)COP(=O)(O)OCCN. The van der Waals surface area contributed by atoms with Gasteiger partial charge in [0.15, 0.2) is 6.10 Å². The lowest BCUT2D eigenvalue weighted by Gasteiger charge is -2.19. The first-order valence-corrected chi connectivity index (χ1v) is 36.6. The molecule has 10 heteroatoms. The quantitative estimate of drug-likeness (QED) is 0.0264. The maximum atomic E-state index is 12.8. The third kappa shape index (κ3) is 68.2. The van der Waals surface area contributed by atoms with Gasteiger partial charge in [-0.05, 0) is 70.6 Å². The molecule has 0 aliphatic carbocycles. The van der Waals surface area contributed by atoms with E-state index in [9.17, 15) is 19.0 Å². The topological polar surface area (TPSA) is 134 Å². The number of ether oxygens (including phenoxy) is 2. The molecule has 2 unspecified atom stereocenters. The molecule has 482 valence electrons. The number of nitrogens with two attached hydrogens (primary N) is 1. The van der Waals surface area contributed by atoms with Crippen LogP contribution in [0.15, 0.2) is 85.1 Å². The maximum Gasteiger partial charge on any atom is 0.472 e.